The Morgan fingerprint density at radius 3 is 0.765 bits per heavy atom. The Morgan fingerprint density at radius 2 is 0.544 bits per heavy atom. The molecule has 1 amide bonds. The lowest BCUT2D eigenvalue weighted by molar-refractivity contribution is -0.123. The van der Waals surface area contributed by atoms with E-state index >= 15 is 0 Å². The van der Waals surface area contributed by atoms with Gasteiger partial charge in [-0.1, -0.05) is 360 Å². The standard InChI is InChI=1S/C64H127NO3/c1-3-5-7-9-11-13-15-17-19-21-23-25-27-29-31-32-33-34-35-37-39-41-43-45-47-49-51-53-55-57-59-63(67)62(61-66)65-64(68)60-58-56-54-52-50-48-46-44-42-40-38-36-30-28-26-24-22-20-18-16-14-12-10-8-6-4-2/h57,59,62-63,66-67H,3-56,58,60-61H2,1-2H3,(H,65,68)/b59-57+. The quantitative estimate of drug-likeness (QED) is 0.0420. The van der Waals surface area contributed by atoms with Crippen molar-refractivity contribution in [1.82, 2.24) is 5.32 Å². The number of amides is 1. The van der Waals surface area contributed by atoms with E-state index in [2.05, 4.69) is 19.2 Å². The van der Waals surface area contributed by atoms with E-state index in [0.29, 0.717) is 6.42 Å². The first-order chi connectivity index (χ1) is 33.7. The molecule has 0 aliphatic heterocycles. The van der Waals surface area contributed by atoms with Crippen LogP contribution in [0.1, 0.15) is 373 Å². The van der Waals surface area contributed by atoms with Crippen molar-refractivity contribution in [2.24, 2.45) is 0 Å². The Kier molecular flexibility index (Phi) is 59.7. The highest BCUT2D eigenvalue weighted by molar-refractivity contribution is 5.76. The van der Waals surface area contributed by atoms with Gasteiger partial charge in [0.2, 0.25) is 5.91 Å². The van der Waals surface area contributed by atoms with Crippen LogP contribution >= 0.6 is 0 Å². The summed E-state index contributed by atoms with van der Waals surface area (Å²) in [5.74, 6) is -0.0541. The van der Waals surface area contributed by atoms with E-state index in [1.165, 1.54) is 327 Å². The third-order valence-corrected chi connectivity index (χ3v) is 15.3. The van der Waals surface area contributed by atoms with Crippen molar-refractivity contribution >= 4 is 5.91 Å². The van der Waals surface area contributed by atoms with E-state index in [-0.39, 0.29) is 12.5 Å². The van der Waals surface area contributed by atoms with Crippen molar-refractivity contribution in [1.29, 1.82) is 0 Å². The second-order valence-electron chi connectivity index (χ2n) is 22.2. The van der Waals surface area contributed by atoms with Crippen LogP contribution in [0.3, 0.4) is 0 Å². The average molecular weight is 959 g/mol. The third kappa shape index (κ3) is 56.0. The molecule has 0 aliphatic rings. The summed E-state index contributed by atoms with van der Waals surface area (Å²) in [6.07, 6.45) is 79.9. The van der Waals surface area contributed by atoms with E-state index in [1.54, 1.807) is 6.08 Å². The highest BCUT2D eigenvalue weighted by atomic mass is 16.3. The molecule has 0 saturated heterocycles. The summed E-state index contributed by atoms with van der Waals surface area (Å²) in [6, 6.07) is -0.619. The Morgan fingerprint density at radius 1 is 0.338 bits per heavy atom. The van der Waals surface area contributed by atoms with Crippen LogP contribution in [0.4, 0.5) is 0 Å². The summed E-state index contributed by atoms with van der Waals surface area (Å²) < 4.78 is 0. The minimum absolute atomic E-state index is 0.0541. The summed E-state index contributed by atoms with van der Waals surface area (Å²) in [5, 5.41) is 23.3. The van der Waals surface area contributed by atoms with E-state index < -0.39 is 12.1 Å². The lowest BCUT2D eigenvalue weighted by Gasteiger charge is -2.20. The highest BCUT2D eigenvalue weighted by Gasteiger charge is 2.18. The van der Waals surface area contributed by atoms with Gasteiger partial charge in [-0.3, -0.25) is 4.79 Å². The maximum absolute atomic E-state index is 12.5. The second kappa shape index (κ2) is 60.4. The van der Waals surface area contributed by atoms with Gasteiger partial charge in [0.15, 0.2) is 0 Å². The van der Waals surface area contributed by atoms with E-state index in [4.69, 9.17) is 0 Å². The molecule has 0 bridgehead atoms. The molecule has 0 aromatic carbocycles. The Balaban J connectivity index is 3.41. The first-order valence-electron chi connectivity index (χ1n) is 31.9. The van der Waals surface area contributed by atoms with Crippen molar-refractivity contribution in [2.45, 2.75) is 386 Å². The first kappa shape index (κ1) is 67.1. The molecule has 406 valence electrons. The van der Waals surface area contributed by atoms with Crippen molar-refractivity contribution in [3.63, 3.8) is 0 Å². The van der Waals surface area contributed by atoms with Crippen LogP contribution in [-0.4, -0.2) is 34.9 Å². The fourth-order valence-electron chi connectivity index (χ4n) is 10.4. The summed E-state index contributed by atoms with van der Waals surface area (Å²) in [6.45, 7) is 4.36. The molecule has 0 rings (SSSR count). The normalized spacial score (nSPS) is 12.7. The van der Waals surface area contributed by atoms with Gasteiger partial charge in [-0.05, 0) is 19.3 Å². The summed E-state index contributed by atoms with van der Waals surface area (Å²) in [5.41, 5.74) is 0. The third-order valence-electron chi connectivity index (χ3n) is 15.3. The van der Waals surface area contributed by atoms with E-state index in [1.807, 2.05) is 6.08 Å². The van der Waals surface area contributed by atoms with E-state index in [0.717, 1.165) is 25.7 Å². The maximum Gasteiger partial charge on any atom is 0.220 e. The van der Waals surface area contributed by atoms with Crippen LogP contribution < -0.4 is 5.32 Å². The molecule has 0 heterocycles. The van der Waals surface area contributed by atoms with Crippen LogP contribution in [0.25, 0.3) is 0 Å². The number of carbonyl (C=O) groups is 1. The fourth-order valence-corrected chi connectivity index (χ4v) is 10.4. The van der Waals surface area contributed by atoms with Gasteiger partial charge in [0.1, 0.15) is 0 Å². The maximum atomic E-state index is 12.5. The molecule has 4 heteroatoms. The number of carbonyl (C=O) groups excluding carboxylic acids is 1. The molecule has 2 atom stereocenters. The lowest BCUT2D eigenvalue weighted by atomic mass is 10.0. The Bertz CT molecular complexity index is 952. The molecular formula is C64H127NO3. The minimum Gasteiger partial charge on any atom is -0.394 e. The number of aliphatic hydroxyl groups is 2. The van der Waals surface area contributed by atoms with Gasteiger partial charge in [0.25, 0.3) is 0 Å². The summed E-state index contributed by atoms with van der Waals surface area (Å²) >= 11 is 0. The number of nitrogens with one attached hydrogen (secondary N) is 1. The average Bonchev–Trinajstić information content (AvgIpc) is 3.34. The predicted octanol–water partition coefficient (Wildman–Crippen LogP) is 21.3. The van der Waals surface area contributed by atoms with Crippen LogP contribution in [-0.2, 0) is 4.79 Å². The number of rotatable bonds is 60. The molecule has 68 heavy (non-hydrogen) atoms. The topological polar surface area (TPSA) is 69.6 Å². The number of unbranched alkanes of at least 4 members (excludes halogenated alkanes) is 53. The number of allylic oxidation sites excluding steroid dienone is 1. The SMILES string of the molecule is CCCCCCCCCCCCCCCCCCCCCCCCCCCCCC/C=C/C(O)C(CO)NC(=O)CCCCCCCCCCCCCCCCCCCCCCCCCCCC. The van der Waals surface area contributed by atoms with Crippen LogP contribution in [0.2, 0.25) is 0 Å². The predicted molar refractivity (Wildman–Crippen MR) is 304 cm³/mol. The van der Waals surface area contributed by atoms with Crippen molar-refractivity contribution in [3.8, 4) is 0 Å². The van der Waals surface area contributed by atoms with Gasteiger partial charge in [0, 0.05) is 6.42 Å². The lowest BCUT2D eigenvalue weighted by Crippen LogP contribution is -2.45. The highest BCUT2D eigenvalue weighted by Crippen LogP contribution is 2.19. The molecule has 0 spiro atoms. The zero-order chi connectivity index (χ0) is 49.2. The largest absolute Gasteiger partial charge is 0.394 e. The van der Waals surface area contributed by atoms with Crippen molar-refractivity contribution in [2.75, 3.05) is 6.61 Å². The van der Waals surface area contributed by atoms with Crippen LogP contribution in [0.15, 0.2) is 12.2 Å². The van der Waals surface area contributed by atoms with Gasteiger partial charge >= 0.3 is 0 Å². The molecule has 3 N–H and O–H groups in total. The molecular weight excluding hydrogens is 831 g/mol. The van der Waals surface area contributed by atoms with Gasteiger partial charge in [-0.25, -0.2) is 0 Å². The van der Waals surface area contributed by atoms with Gasteiger partial charge in [0.05, 0.1) is 18.8 Å². The molecule has 0 aromatic rings. The molecule has 0 saturated carbocycles. The monoisotopic (exact) mass is 958 g/mol. The fraction of sp³-hybridized carbons (Fsp3) is 0.953. The molecule has 0 aliphatic carbocycles. The number of hydrogen-bond acceptors (Lipinski definition) is 3. The molecule has 4 nitrogen and oxygen atoms in total. The van der Waals surface area contributed by atoms with Gasteiger partial charge in [-0.2, -0.15) is 0 Å². The number of aliphatic hydroxyl groups excluding tert-OH is 2. The van der Waals surface area contributed by atoms with Gasteiger partial charge in [-0.15, -0.1) is 0 Å². The van der Waals surface area contributed by atoms with Crippen molar-refractivity contribution in [3.05, 3.63) is 12.2 Å². The summed E-state index contributed by atoms with van der Waals surface area (Å²) in [4.78, 5) is 12.5. The zero-order valence-corrected chi connectivity index (χ0v) is 46.9. The molecule has 0 fully saturated rings. The van der Waals surface area contributed by atoms with Crippen LogP contribution in [0, 0.1) is 0 Å². The summed E-state index contributed by atoms with van der Waals surface area (Å²) in [7, 11) is 0. The Labute approximate surface area is 428 Å². The zero-order valence-electron chi connectivity index (χ0n) is 46.9. The molecule has 2 unspecified atom stereocenters. The van der Waals surface area contributed by atoms with Crippen molar-refractivity contribution < 1.29 is 15.0 Å². The van der Waals surface area contributed by atoms with Crippen LogP contribution in [0.5, 0.6) is 0 Å². The Hall–Kier alpha value is -0.870. The second-order valence-corrected chi connectivity index (χ2v) is 22.2. The van der Waals surface area contributed by atoms with E-state index in [9.17, 15) is 15.0 Å². The van der Waals surface area contributed by atoms with Gasteiger partial charge < -0.3 is 15.5 Å². The number of hydrogen-bond donors (Lipinski definition) is 3. The smallest absolute Gasteiger partial charge is 0.220 e. The molecule has 0 aromatic heterocycles. The minimum atomic E-state index is -0.836. The first-order valence-corrected chi connectivity index (χ1v) is 31.9. The molecule has 0 radical (unpaired) electrons.